The highest BCUT2D eigenvalue weighted by atomic mass is 16.5. The van der Waals surface area contributed by atoms with Gasteiger partial charge in [0.15, 0.2) is 17.2 Å². The van der Waals surface area contributed by atoms with Crippen LogP contribution in [0.3, 0.4) is 0 Å². The third-order valence-electron chi connectivity index (χ3n) is 4.38. The Morgan fingerprint density at radius 1 is 1.11 bits per heavy atom. The number of aromatic nitrogens is 2. The molecule has 27 heavy (non-hydrogen) atoms. The van der Waals surface area contributed by atoms with Crippen LogP contribution in [0, 0.1) is 0 Å². The molecule has 140 valence electrons. The van der Waals surface area contributed by atoms with E-state index in [0.29, 0.717) is 28.9 Å². The predicted molar refractivity (Wildman–Crippen MR) is 102 cm³/mol. The zero-order chi connectivity index (χ0) is 19.6. The number of fused-ring (bicyclic) bond motifs is 1. The number of para-hydroxylation sites is 1. The van der Waals surface area contributed by atoms with Gasteiger partial charge in [0.2, 0.25) is 5.43 Å². The van der Waals surface area contributed by atoms with E-state index in [-0.39, 0.29) is 11.1 Å². The Labute approximate surface area is 156 Å². The number of nitrogens with zero attached hydrogens (tertiary/aromatic N) is 3. The number of rotatable bonds is 5. The summed E-state index contributed by atoms with van der Waals surface area (Å²) in [6.07, 6.45) is 0. The Morgan fingerprint density at radius 2 is 1.81 bits per heavy atom. The highest BCUT2D eigenvalue weighted by Gasteiger charge is 2.20. The van der Waals surface area contributed by atoms with Crippen molar-refractivity contribution >= 4 is 16.8 Å². The molecule has 0 atom stereocenters. The van der Waals surface area contributed by atoms with E-state index >= 15 is 0 Å². The van der Waals surface area contributed by atoms with Gasteiger partial charge in [0.25, 0.3) is 5.91 Å². The van der Waals surface area contributed by atoms with Crippen LogP contribution in [0.25, 0.3) is 10.9 Å². The third kappa shape index (κ3) is 3.48. The molecule has 1 amide bonds. The van der Waals surface area contributed by atoms with E-state index in [9.17, 15) is 9.59 Å². The molecular formula is C20H21N3O4. The lowest BCUT2D eigenvalue weighted by molar-refractivity contribution is 0.0775. The summed E-state index contributed by atoms with van der Waals surface area (Å²) in [5.41, 5.74) is 1.06. The average Bonchev–Trinajstić information content (AvgIpc) is 2.70. The summed E-state index contributed by atoms with van der Waals surface area (Å²) in [5, 5.41) is 4.66. The van der Waals surface area contributed by atoms with Gasteiger partial charge < -0.3 is 14.4 Å². The highest BCUT2D eigenvalue weighted by Crippen LogP contribution is 2.28. The normalized spacial score (nSPS) is 10.7. The topological polar surface area (TPSA) is 73.7 Å². The fraction of sp³-hybridized carbons (Fsp3) is 0.250. The second-order valence-electron chi connectivity index (χ2n) is 6.17. The van der Waals surface area contributed by atoms with E-state index in [1.54, 1.807) is 63.3 Å². The predicted octanol–water partition coefficient (Wildman–Crippen LogP) is 2.22. The SMILES string of the molecule is COc1ccc(CN(C)C(=O)c2nn(C)c3ccccc3c2=O)cc1OC. The molecule has 0 N–H and O–H groups in total. The molecule has 2 aromatic carbocycles. The molecule has 3 aromatic rings. The molecule has 0 radical (unpaired) electrons. The number of aryl methyl sites for hydroxylation is 1. The molecule has 3 rings (SSSR count). The van der Waals surface area contributed by atoms with Crippen molar-refractivity contribution in [3.63, 3.8) is 0 Å². The zero-order valence-electron chi connectivity index (χ0n) is 15.7. The van der Waals surface area contributed by atoms with Crippen LogP contribution in [0.5, 0.6) is 11.5 Å². The number of carbonyl (C=O) groups is 1. The van der Waals surface area contributed by atoms with Gasteiger partial charge in [-0.05, 0) is 29.8 Å². The number of amides is 1. The Hall–Kier alpha value is -3.35. The van der Waals surface area contributed by atoms with Gasteiger partial charge in [-0.25, -0.2) is 0 Å². The van der Waals surface area contributed by atoms with Gasteiger partial charge in [-0.3, -0.25) is 14.3 Å². The smallest absolute Gasteiger partial charge is 0.278 e. The van der Waals surface area contributed by atoms with Gasteiger partial charge in [0.1, 0.15) is 0 Å². The van der Waals surface area contributed by atoms with Crippen LogP contribution in [-0.2, 0) is 13.6 Å². The van der Waals surface area contributed by atoms with Crippen molar-refractivity contribution in [3.8, 4) is 11.5 Å². The number of methoxy groups -OCH3 is 2. The number of carbonyl (C=O) groups excluding carboxylic acids is 1. The van der Waals surface area contributed by atoms with Gasteiger partial charge in [-0.2, -0.15) is 5.10 Å². The van der Waals surface area contributed by atoms with E-state index in [1.807, 2.05) is 12.1 Å². The molecule has 0 spiro atoms. The Balaban J connectivity index is 1.91. The third-order valence-corrected chi connectivity index (χ3v) is 4.38. The Morgan fingerprint density at radius 3 is 2.52 bits per heavy atom. The van der Waals surface area contributed by atoms with Gasteiger partial charge in [-0.15, -0.1) is 0 Å². The van der Waals surface area contributed by atoms with E-state index in [0.717, 1.165) is 5.56 Å². The number of hydrogen-bond acceptors (Lipinski definition) is 5. The maximum Gasteiger partial charge on any atom is 0.278 e. The van der Waals surface area contributed by atoms with Crippen LogP contribution >= 0.6 is 0 Å². The van der Waals surface area contributed by atoms with E-state index in [4.69, 9.17) is 9.47 Å². The molecule has 0 bridgehead atoms. The van der Waals surface area contributed by atoms with Crippen LogP contribution in [0.1, 0.15) is 16.1 Å². The monoisotopic (exact) mass is 367 g/mol. The molecule has 1 heterocycles. The number of benzene rings is 2. The quantitative estimate of drug-likeness (QED) is 0.691. The van der Waals surface area contributed by atoms with E-state index < -0.39 is 5.91 Å². The lowest BCUT2D eigenvalue weighted by Crippen LogP contribution is -2.33. The van der Waals surface area contributed by atoms with Gasteiger partial charge in [0.05, 0.1) is 19.7 Å². The van der Waals surface area contributed by atoms with Crippen LogP contribution in [0.4, 0.5) is 0 Å². The minimum atomic E-state index is -0.434. The van der Waals surface area contributed by atoms with Crippen molar-refractivity contribution in [2.24, 2.45) is 7.05 Å². The fourth-order valence-corrected chi connectivity index (χ4v) is 2.97. The Bertz CT molecular complexity index is 1060. The fourth-order valence-electron chi connectivity index (χ4n) is 2.97. The molecule has 0 aliphatic rings. The average molecular weight is 367 g/mol. The first-order valence-corrected chi connectivity index (χ1v) is 8.38. The first-order valence-electron chi connectivity index (χ1n) is 8.38. The molecule has 7 nitrogen and oxygen atoms in total. The lowest BCUT2D eigenvalue weighted by atomic mass is 10.1. The number of hydrogen-bond donors (Lipinski definition) is 0. The molecule has 1 aromatic heterocycles. The van der Waals surface area contributed by atoms with Crippen LogP contribution in [0.15, 0.2) is 47.3 Å². The highest BCUT2D eigenvalue weighted by molar-refractivity contribution is 5.95. The summed E-state index contributed by atoms with van der Waals surface area (Å²) in [6.45, 7) is 0.302. The van der Waals surface area contributed by atoms with Crippen molar-refractivity contribution in [2.75, 3.05) is 21.3 Å². The van der Waals surface area contributed by atoms with Crippen molar-refractivity contribution in [3.05, 3.63) is 63.9 Å². The summed E-state index contributed by atoms with van der Waals surface area (Å²) in [7, 11) is 6.47. The molecule has 7 heteroatoms. The maximum absolute atomic E-state index is 12.8. The largest absolute Gasteiger partial charge is 0.493 e. The Kier molecular flexibility index (Phi) is 5.12. The lowest BCUT2D eigenvalue weighted by Gasteiger charge is -2.18. The molecule has 0 saturated heterocycles. The van der Waals surface area contributed by atoms with Crippen molar-refractivity contribution in [1.29, 1.82) is 0 Å². The van der Waals surface area contributed by atoms with Gasteiger partial charge >= 0.3 is 0 Å². The summed E-state index contributed by atoms with van der Waals surface area (Å²) in [4.78, 5) is 27.0. The second-order valence-corrected chi connectivity index (χ2v) is 6.17. The molecule has 0 fully saturated rings. The summed E-state index contributed by atoms with van der Waals surface area (Å²) in [5.74, 6) is 0.757. The van der Waals surface area contributed by atoms with Crippen molar-refractivity contribution in [2.45, 2.75) is 6.54 Å². The first-order chi connectivity index (χ1) is 13.0. The number of ether oxygens (including phenoxy) is 2. The molecule has 0 unspecified atom stereocenters. The molecule has 0 aliphatic heterocycles. The summed E-state index contributed by atoms with van der Waals surface area (Å²) < 4.78 is 12.1. The molecule has 0 aliphatic carbocycles. The van der Waals surface area contributed by atoms with Crippen LogP contribution < -0.4 is 14.9 Å². The van der Waals surface area contributed by atoms with E-state index in [2.05, 4.69) is 5.10 Å². The minimum Gasteiger partial charge on any atom is -0.493 e. The second kappa shape index (κ2) is 7.49. The molecule has 0 saturated carbocycles. The standard InChI is InChI=1S/C20H21N3O4/c1-22(12-13-9-10-16(26-3)17(11-13)27-4)20(25)18-19(24)14-7-5-6-8-15(14)23(2)21-18/h5-11H,12H2,1-4H3. The maximum atomic E-state index is 12.8. The van der Waals surface area contributed by atoms with Crippen molar-refractivity contribution < 1.29 is 14.3 Å². The van der Waals surface area contributed by atoms with Gasteiger partial charge in [-0.1, -0.05) is 18.2 Å². The minimum absolute atomic E-state index is 0.0980. The summed E-state index contributed by atoms with van der Waals surface area (Å²) in [6, 6.07) is 12.5. The zero-order valence-corrected chi connectivity index (χ0v) is 15.7. The van der Waals surface area contributed by atoms with Crippen LogP contribution in [-0.4, -0.2) is 41.9 Å². The first kappa shape index (κ1) is 18.4. The van der Waals surface area contributed by atoms with Gasteiger partial charge in [0, 0.05) is 26.0 Å². The van der Waals surface area contributed by atoms with Crippen molar-refractivity contribution in [1.82, 2.24) is 14.7 Å². The summed E-state index contributed by atoms with van der Waals surface area (Å²) >= 11 is 0. The van der Waals surface area contributed by atoms with Crippen LogP contribution in [0.2, 0.25) is 0 Å². The molecular weight excluding hydrogens is 346 g/mol. The van der Waals surface area contributed by atoms with E-state index in [1.165, 1.54) is 4.90 Å².